The number of benzene rings is 1. The highest BCUT2D eigenvalue weighted by atomic mass is 79.9. The van der Waals surface area contributed by atoms with Gasteiger partial charge in [-0.3, -0.25) is 0 Å². The Bertz CT molecular complexity index is 329. The molecule has 2 N–H and O–H groups in total. The summed E-state index contributed by atoms with van der Waals surface area (Å²) in [4.78, 5) is 0. The van der Waals surface area contributed by atoms with E-state index in [1.165, 1.54) is 5.56 Å². The highest BCUT2D eigenvalue weighted by Gasteiger charge is 2.23. The first kappa shape index (κ1) is 14.0. The van der Waals surface area contributed by atoms with Gasteiger partial charge in [-0.25, -0.2) is 0 Å². The van der Waals surface area contributed by atoms with Gasteiger partial charge >= 0.3 is 0 Å². The van der Waals surface area contributed by atoms with Crippen LogP contribution in [0, 0.1) is 5.92 Å². The zero-order chi connectivity index (χ0) is 10.7. The molecule has 90 valence electrons. The fraction of sp³-hybridized carbons (Fsp3) is 0.500. The molecule has 2 nitrogen and oxygen atoms in total. The Kier molecular flexibility index (Phi) is 5.76. The number of nitrogens with two attached hydrogens (primary N) is 1. The highest BCUT2D eigenvalue weighted by molar-refractivity contribution is 9.10. The van der Waals surface area contributed by atoms with Crippen molar-refractivity contribution in [1.82, 2.24) is 0 Å². The number of ether oxygens (including phenoxy) is 1. The summed E-state index contributed by atoms with van der Waals surface area (Å²) < 4.78 is 6.46. The van der Waals surface area contributed by atoms with E-state index in [-0.39, 0.29) is 18.4 Å². The van der Waals surface area contributed by atoms with Crippen LogP contribution < -0.4 is 5.73 Å². The lowest BCUT2D eigenvalue weighted by Crippen LogP contribution is -2.27. The molecule has 1 aromatic rings. The Hall–Kier alpha value is -0.0900. The molecule has 0 aliphatic carbocycles. The van der Waals surface area contributed by atoms with Gasteiger partial charge in [0.05, 0.1) is 0 Å². The lowest BCUT2D eigenvalue weighted by Gasteiger charge is -2.28. The summed E-state index contributed by atoms with van der Waals surface area (Å²) in [5.41, 5.74) is 7.50. The van der Waals surface area contributed by atoms with Crippen molar-refractivity contribution < 1.29 is 4.74 Å². The summed E-state index contributed by atoms with van der Waals surface area (Å²) in [5, 5.41) is 0. The second-order valence-corrected chi connectivity index (χ2v) is 4.85. The highest BCUT2D eigenvalue weighted by Crippen LogP contribution is 2.31. The number of halogens is 2. The van der Waals surface area contributed by atoms with Gasteiger partial charge in [-0.2, -0.15) is 0 Å². The van der Waals surface area contributed by atoms with Crippen LogP contribution in [0.25, 0.3) is 0 Å². The first-order valence-electron chi connectivity index (χ1n) is 5.37. The molecule has 1 fully saturated rings. The summed E-state index contributed by atoms with van der Waals surface area (Å²) in [7, 11) is 0. The molecule has 4 heteroatoms. The van der Waals surface area contributed by atoms with Crippen LogP contribution in [0.2, 0.25) is 0 Å². The Labute approximate surface area is 111 Å². The fourth-order valence-corrected chi connectivity index (χ4v) is 2.62. The van der Waals surface area contributed by atoms with Crippen molar-refractivity contribution >= 4 is 28.3 Å². The van der Waals surface area contributed by atoms with Crippen molar-refractivity contribution in [3.8, 4) is 0 Å². The molecule has 16 heavy (non-hydrogen) atoms. The second-order valence-electron chi connectivity index (χ2n) is 4.00. The third-order valence-corrected chi connectivity index (χ3v) is 3.76. The fourth-order valence-electron chi connectivity index (χ4n) is 2.07. The largest absolute Gasteiger partial charge is 0.381 e. The van der Waals surface area contributed by atoms with E-state index in [0.29, 0.717) is 5.92 Å². The van der Waals surface area contributed by atoms with E-state index < -0.39 is 0 Å². The van der Waals surface area contributed by atoms with Crippen molar-refractivity contribution in [2.75, 3.05) is 13.2 Å². The van der Waals surface area contributed by atoms with E-state index in [4.69, 9.17) is 10.5 Å². The zero-order valence-corrected chi connectivity index (χ0v) is 11.5. The van der Waals surface area contributed by atoms with Gasteiger partial charge in [0.15, 0.2) is 0 Å². The molecule has 1 saturated heterocycles. The van der Waals surface area contributed by atoms with E-state index in [9.17, 15) is 0 Å². The number of hydrogen-bond acceptors (Lipinski definition) is 2. The molecule has 2 rings (SSSR count). The number of hydrogen-bond donors (Lipinski definition) is 1. The van der Waals surface area contributed by atoms with Crippen LogP contribution in [0.15, 0.2) is 28.7 Å². The van der Waals surface area contributed by atoms with Crippen molar-refractivity contribution in [3.63, 3.8) is 0 Å². The maximum Gasteiger partial charge on any atom is 0.0469 e. The molecule has 1 aliphatic heterocycles. The van der Waals surface area contributed by atoms with Crippen LogP contribution in [0.4, 0.5) is 0 Å². The van der Waals surface area contributed by atoms with Gasteiger partial charge in [-0.05, 0) is 30.4 Å². The first-order valence-corrected chi connectivity index (χ1v) is 6.16. The second kappa shape index (κ2) is 6.60. The molecule has 0 radical (unpaired) electrons. The monoisotopic (exact) mass is 305 g/mol. The topological polar surface area (TPSA) is 35.2 Å². The minimum absolute atomic E-state index is 0. The van der Waals surface area contributed by atoms with Crippen LogP contribution in [0.5, 0.6) is 0 Å². The SMILES string of the molecule is Cl.N[C@H](c1ccccc1Br)C1CCOCC1. The molecule has 1 aliphatic rings. The molecule has 1 heterocycles. The number of rotatable bonds is 2. The third kappa shape index (κ3) is 3.20. The van der Waals surface area contributed by atoms with E-state index >= 15 is 0 Å². The van der Waals surface area contributed by atoms with Crippen molar-refractivity contribution in [2.24, 2.45) is 11.7 Å². The van der Waals surface area contributed by atoms with Gasteiger partial charge in [0, 0.05) is 23.7 Å². The Balaban J connectivity index is 0.00000128. The van der Waals surface area contributed by atoms with E-state index in [1.54, 1.807) is 0 Å². The van der Waals surface area contributed by atoms with Crippen LogP contribution in [-0.2, 0) is 4.74 Å². The predicted octanol–water partition coefficient (Wildman–Crippen LogP) is 3.30. The van der Waals surface area contributed by atoms with Gasteiger partial charge < -0.3 is 10.5 Å². The first-order chi connectivity index (χ1) is 7.29. The molecule has 1 atom stereocenters. The maximum absolute atomic E-state index is 6.28. The normalized spacial score (nSPS) is 18.9. The predicted molar refractivity (Wildman–Crippen MR) is 71.9 cm³/mol. The van der Waals surface area contributed by atoms with Crippen molar-refractivity contribution in [3.05, 3.63) is 34.3 Å². The molecular weight excluding hydrogens is 289 g/mol. The van der Waals surface area contributed by atoms with Crippen molar-refractivity contribution in [1.29, 1.82) is 0 Å². The van der Waals surface area contributed by atoms with Crippen LogP contribution in [0.3, 0.4) is 0 Å². The summed E-state index contributed by atoms with van der Waals surface area (Å²) in [5.74, 6) is 0.553. The Morgan fingerprint density at radius 2 is 1.88 bits per heavy atom. The zero-order valence-electron chi connectivity index (χ0n) is 9.06. The van der Waals surface area contributed by atoms with E-state index in [1.807, 2.05) is 12.1 Å². The Morgan fingerprint density at radius 1 is 1.25 bits per heavy atom. The maximum atomic E-state index is 6.28. The summed E-state index contributed by atoms with van der Waals surface area (Å²) in [6.45, 7) is 1.70. The summed E-state index contributed by atoms with van der Waals surface area (Å²) in [6, 6.07) is 8.34. The molecule has 1 aromatic carbocycles. The quantitative estimate of drug-likeness (QED) is 0.910. The van der Waals surface area contributed by atoms with Crippen LogP contribution in [-0.4, -0.2) is 13.2 Å². The summed E-state index contributed by atoms with van der Waals surface area (Å²) in [6.07, 6.45) is 2.14. The van der Waals surface area contributed by atoms with Gasteiger partial charge in [-0.15, -0.1) is 12.4 Å². The van der Waals surface area contributed by atoms with Gasteiger partial charge in [0.1, 0.15) is 0 Å². The Morgan fingerprint density at radius 3 is 2.50 bits per heavy atom. The average molecular weight is 307 g/mol. The molecule has 0 amide bonds. The minimum Gasteiger partial charge on any atom is -0.381 e. The average Bonchev–Trinajstić information content (AvgIpc) is 2.30. The minimum atomic E-state index is 0. The van der Waals surface area contributed by atoms with Gasteiger partial charge in [-0.1, -0.05) is 34.1 Å². The van der Waals surface area contributed by atoms with E-state index in [0.717, 1.165) is 30.5 Å². The molecule has 0 unspecified atom stereocenters. The standard InChI is InChI=1S/C12H16BrNO.ClH/c13-11-4-2-1-3-10(11)12(14)9-5-7-15-8-6-9;/h1-4,9,12H,5-8,14H2;1H/t12-;/m0./s1. The van der Waals surface area contributed by atoms with Gasteiger partial charge in [0.2, 0.25) is 0 Å². The third-order valence-electron chi connectivity index (χ3n) is 3.04. The molecule has 0 spiro atoms. The van der Waals surface area contributed by atoms with Crippen LogP contribution >= 0.6 is 28.3 Å². The lowest BCUT2D eigenvalue weighted by molar-refractivity contribution is 0.0583. The summed E-state index contributed by atoms with van der Waals surface area (Å²) >= 11 is 3.55. The van der Waals surface area contributed by atoms with Crippen LogP contribution in [0.1, 0.15) is 24.4 Å². The lowest BCUT2D eigenvalue weighted by atomic mass is 9.88. The van der Waals surface area contributed by atoms with Gasteiger partial charge in [0.25, 0.3) is 0 Å². The molecular formula is C12H17BrClNO. The molecule has 0 aromatic heterocycles. The molecule has 0 saturated carbocycles. The molecule has 0 bridgehead atoms. The smallest absolute Gasteiger partial charge is 0.0469 e. The van der Waals surface area contributed by atoms with E-state index in [2.05, 4.69) is 28.1 Å². The van der Waals surface area contributed by atoms with Crippen molar-refractivity contribution in [2.45, 2.75) is 18.9 Å².